The predicted octanol–water partition coefficient (Wildman–Crippen LogP) is 0.897. The van der Waals surface area contributed by atoms with Crippen LogP contribution in [-0.4, -0.2) is 24.9 Å². The molecule has 0 aromatic heterocycles. The third-order valence-corrected chi connectivity index (χ3v) is 3.65. The average molecular weight is 348 g/mol. The summed E-state index contributed by atoms with van der Waals surface area (Å²) in [6.45, 7) is 0. The Balaban J connectivity index is 2.52. The maximum atomic E-state index is 11.3. The van der Waals surface area contributed by atoms with Crippen molar-refractivity contribution in [2.45, 2.75) is 4.90 Å². The molecule has 0 bridgehead atoms. The smallest absolute Gasteiger partial charge is 0.294 e. The van der Waals surface area contributed by atoms with Crippen molar-refractivity contribution >= 4 is 39.1 Å². The van der Waals surface area contributed by atoms with E-state index in [-0.39, 0.29) is 22.5 Å². The van der Waals surface area contributed by atoms with Gasteiger partial charge in [-0.3, -0.25) is 4.55 Å². The van der Waals surface area contributed by atoms with E-state index in [1.807, 2.05) is 30.3 Å². The van der Waals surface area contributed by atoms with Crippen LogP contribution in [-0.2, 0) is 10.1 Å². The monoisotopic (exact) mass is 348 g/mol. The fourth-order valence-corrected chi connectivity index (χ4v) is 2.33. The molecule has 10 heteroatoms. The minimum atomic E-state index is -4.40. The van der Waals surface area contributed by atoms with Crippen LogP contribution in [0.25, 0.3) is 0 Å². The SMILES string of the molecule is NC(N)=NC(N)=Nc1cc(S(=O)(=O)O)ccc1Nc1ccccc1. The number of rotatable bonds is 4. The van der Waals surface area contributed by atoms with Gasteiger partial charge in [0, 0.05) is 5.69 Å². The quantitative estimate of drug-likeness (QED) is 0.310. The van der Waals surface area contributed by atoms with Gasteiger partial charge in [0.25, 0.3) is 10.1 Å². The van der Waals surface area contributed by atoms with Gasteiger partial charge in [-0.2, -0.15) is 13.4 Å². The van der Waals surface area contributed by atoms with Gasteiger partial charge in [-0.15, -0.1) is 0 Å². The zero-order chi connectivity index (χ0) is 17.7. The van der Waals surface area contributed by atoms with Gasteiger partial charge in [-0.25, -0.2) is 4.99 Å². The van der Waals surface area contributed by atoms with Crippen LogP contribution in [0, 0.1) is 0 Å². The fourth-order valence-electron chi connectivity index (χ4n) is 1.83. The number of para-hydroxylation sites is 1. The molecule has 126 valence electrons. The average Bonchev–Trinajstić information content (AvgIpc) is 2.48. The Labute approximate surface area is 138 Å². The number of nitrogens with two attached hydrogens (primary N) is 3. The van der Waals surface area contributed by atoms with Gasteiger partial charge in [-0.1, -0.05) is 18.2 Å². The van der Waals surface area contributed by atoms with E-state index in [0.29, 0.717) is 5.69 Å². The molecule has 0 aliphatic rings. The lowest BCUT2D eigenvalue weighted by Crippen LogP contribution is -2.26. The standard InChI is InChI=1S/C14H16N6O3S/c15-13(16)20-14(17)19-12-8-10(24(21,22)23)6-7-11(12)18-9-4-2-1-3-5-9/h1-8,18H,(H,21,22,23)(H6,15,16,17,19,20). The van der Waals surface area contributed by atoms with Crippen LogP contribution in [0.15, 0.2) is 63.4 Å². The summed E-state index contributed by atoms with van der Waals surface area (Å²) in [6.07, 6.45) is 0. The van der Waals surface area contributed by atoms with E-state index in [1.54, 1.807) is 0 Å². The molecule has 0 amide bonds. The maximum Gasteiger partial charge on any atom is 0.294 e. The van der Waals surface area contributed by atoms with Crippen LogP contribution in [0.1, 0.15) is 0 Å². The minimum Gasteiger partial charge on any atom is -0.370 e. The van der Waals surface area contributed by atoms with Crippen LogP contribution in [0.5, 0.6) is 0 Å². The van der Waals surface area contributed by atoms with Gasteiger partial charge in [0.2, 0.25) is 5.96 Å². The minimum absolute atomic E-state index is 0.136. The Hall–Kier alpha value is -3.11. The summed E-state index contributed by atoms with van der Waals surface area (Å²) in [6, 6.07) is 12.9. The Morgan fingerprint density at radius 2 is 1.71 bits per heavy atom. The maximum absolute atomic E-state index is 11.3. The normalized spacial score (nSPS) is 11.8. The van der Waals surface area contributed by atoms with Crippen molar-refractivity contribution in [2.24, 2.45) is 27.2 Å². The van der Waals surface area contributed by atoms with Gasteiger partial charge in [0.1, 0.15) is 0 Å². The molecule has 2 rings (SSSR count). The number of hydrogen-bond acceptors (Lipinski definition) is 4. The summed E-state index contributed by atoms with van der Waals surface area (Å²) in [5.41, 5.74) is 17.4. The summed E-state index contributed by atoms with van der Waals surface area (Å²) in [5.74, 6) is -0.557. The molecule has 9 nitrogen and oxygen atoms in total. The third kappa shape index (κ3) is 4.69. The summed E-state index contributed by atoms with van der Waals surface area (Å²) in [5, 5.41) is 3.06. The lowest BCUT2D eigenvalue weighted by molar-refractivity contribution is 0.483. The predicted molar refractivity (Wildman–Crippen MR) is 93.1 cm³/mol. The van der Waals surface area contributed by atoms with Crippen molar-refractivity contribution < 1.29 is 13.0 Å². The fraction of sp³-hybridized carbons (Fsp3) is 0. The largest absolute Gasteiger partial charge is 0.370 e. The van der Waals surface area contributed by atoms with Crippen molar-refractivity contribution in [1.82, 2.24) is 0 Å². The third-order valence-electron chi connectivity index (χ3n) is 2.80. The summed E-state index contributed by atoms with van der Waals surface area (Å²) in [7, 11) is -4.40. The zero-order valence-electron chi connectivity index (χ0n) is 12.4. The summed E-state index contributed by atoms with van der Waals surface area (Å²) >= 11 is 0. The Bertz CT molecular complexity index is 890. The number of nitrogens with zero attached hydrogens (tertiary/aromatic N) is 2. The molecule has 0 fully saturated rings. The Morgan fingerprint density at radius 1 is 1.04 bits per heavy atom. The van der Waals surface area contributed by atoms with E-state index >= 15 is 0 Å². The van der Waals surface area contributed by atoms with Crippen LogP contribution < -0.4 is 22.5 Å². The number of anilines is 2. The van der Waals surface area contributed by atoms with Crippen LogP contribution in [0.2, 0.25) is 0 Å². The van der Waals surface area contributed by atoms with Crippen LogP contribution >= 0.6 is 0 Å². The van der Waals surface area contributed by atoms with E-state index in [4.69, 9.17) is 17.2 Å². The molecule has 0 radical (unpaired) electrons. The molecule has 0 saturated carbocycles. The molecular weight excluding hydrogens is 332 g/mol. The summed E-state index contributed by atoms with van der Waals surface area (Å²) in [4.78, 5) is 7.22. The van der Waals surface area contributed by atoms with E-state index < -0.39 is 10.1 Å². The van der Waals surface area contributed by atoms with E-state index in [0.717, 1.165) is 11.8 Å². The molecule has 0 aliphatic heterocycles. The first kappa shape index (κ1) is 17.2. The van der Waals surface area contributed by atoms with Crippen LogP contribution in [0.3, 0.4) is 0 Å². The first-order valence-corrected chi connectivity index (χ1v) is 8.07. The molecular formula is C14H16N6O3S. The molecule has 2 aromatic carbocycles. The van der Waals surface area contributed by atoms with Crippen molar-refractivity contribution in [2.75, 3.05) is 5.32 Å². The molecule has 24 heavy (non-hydrogen) atoms. The lowest BCUT2D eigenvalue weighted by Gasteiger charge is -2.10. The van der Waals surface area contributed by atoms with Gasteiger partial charge < -0.3 is 22.5 Å². The highest BCUT2D eigenvalue weighted by atomic mass is 32.2. The molecule has 0 spiro atoms. The molecule has 2 aromatic rings. The van der Waals surface area contributed by atoms with Crippen molar-refractivity contribution in [3.8, 4) is 0 Å². The summed E-state index contributed by atoms with van der Waals surface area (Å²) < 4.78 is 31.8. The molecule has 0 saturated heterocycles. The second kappa shape index (κ2) is 6.98. The topological polar surface area (TPSA) is 169 Å². The zero-order valence-corrected chi connectivity index (χ0v) is 13.2. The molecule has 0 heterocycles. The highest BCUT2D eigenvalue weighted by Gasteiger charge is 2.13. The van der Waals surface area contributed by atoms with Crippen LogP contribution in [0.4, 0.5) is 17.1 Å². The lowest BCUT2D eigenvalue weighted by atomic mass is 10.2. The Morgan fingerprint density at radius 3 is 2.29 bits per heavy atom. The van der Waals surface area contributed by atoms with Gasteiger partial charge >= 0.3 is 0 Å². The van der Waals surface area contributed by atoms with E-state index in [2.05, 4.69) is 15.3 Å². The second-order valence-corrected chi connectivity index (χ2v) is 6.07. The molecule has 0 unspecified atom stereocenters. The molecule has 0 aliphatic carbocycles. The number of guanidine groups is 2. The van der Waals surface area contributed by atoms with Crippen molar-refractivity contribution in [3.05, 3.63) is 48.5 Å². The number of nitrogens with one attached hydrogen (secondary N) is 1. The van der Waals surface area contributed by atoms with Gasteiger partial charge in [0.15, 0.2) is 5.96 Å². The number of hydrogen-bond donors (Lipinski definition) is 5. The Kier molecular flexibility index (Phi) is 5.02. The van der Waals surface area contributed by atoms with E-state index in [1.165, 1.54) is 12.1 Å². The number of aliphatic imine (C=N–C) groups is 2. The van der Waals surface area contributed by atoms with Crippen molar-refractivity contribution in [1.29, 1.82) is 0 Å². The van der Waals surface area contributed by atoms with Crippen molar-refractivity contribution in [3.63, 3.8) is 0 Å². The first-order valence-electron chi connectivity index (χ1n) is 6.63. The second-order valence-electron chi connectivity index (χ2n) is 4.65. The molecule has 0 atom stereocenters. The first-order chi connectivity index (χ1) is 11.3. The van der Waals surface area contributed by atoms with Gasteiger partial charge in [0.05, 0.1) is 16.3 Å². The number of benzene rings is 2. The highest BCUT2D eigenvalue weighted by molar-refractivity contribution is 7.85. The van der Waals surface area contributed by atoms with Gasteiger partial charge in [-0.05, 0) is 30.3 Å². The molecule has 8 N–H and O–H groups in total. The highest BCUT2D eigenvalue weighted by Crippen LogP contribution is 2.30. The van der Waals surface area contributed by atoms with E-state index in [9.17, 15) is 13.0 Å².